The normalized spacial score (nSPS) is 11.5. The summed E-state index contributed by atoms with van der Waals surface area (Å²) in [4.78, 5) is 0. The molecule has 0 aliphatic carbocycles. The lowest BCUT2D eigenvalue weighted by Crippen LogP contribution is -1.85. The third kappa shape index (κ3) is 45.7. The van der Waals surface area contributed by atoms with Gasteiger partial charge in [0.25, 0.3) is 0 Å². The smallest absolute Gasteiger partial charge is 0.0353 e. The molecule has 0 heterocycles. The predicted molar refractivity (Wildman–Crippen MR) is 219 cm³/mol. The van der Waals surface area contributed by atoms with Gasteiger partial charge in [0.05, 0.1) is 0 Å². The van der Waals surface area contributed by atoms with E-state index in [0.717, 1.165) is 0 Å². The highest BCUT2D eigenvalue weighted by Gasteiger charge is 1.98. The number of hydrogen-bond acceptors (Lipinski definition) is 0. The van der Waals surface area contributed by atoms with E-state index in [1.54, 1.807) is 0 Å². The van der Waals surface area contributed by atoms with Crippen molar-refractivity contribution in [2.45, 2.75) is 289 Å². The molecule has 0 heteroatoms. The van der Waals surface area contributed by atoms with Crippen molar-refractivity contribution in [1.82, 2.24) is 0 Å². The molecule has 0 nitrogen and oxygen atoms in total. The molecule has 0 aromatic heterocycles. The lowest BCUT2D eigenvalue weighted by atomic mass is 10.0. The van der Waals surface area contributed by atoms with Crippen LogP contribution in [0.4, 0.5) is 0 Å². The van der Waals surface area contributed by atoms with Gasteiger partial charge in [-0.25, -0.2) is 0 Å². The molecule has 282 valence electrons. The SMILES string of the molecule is C=CCCCCCCCCCCCCCCCCCCCCCCCCCCCCCCCCCCCCCCCCCCCCC. The molecule has 0 bridgehead atoms. The molecule has 0 rings (SSSR count). The van der Waals surface area contributed by atoms with Gasteiger partial charge in [-0.3, -0.25) is 0 Å². The number of unbranched alkanes of at least 4 members (excludes halogenated alkanes) is 43. The summed E-state index contributed by atoms with van der Waals surface area (Å²) in [6.07, 6.45) is 66.9. The molecule has 0 unspecified atom stereocenters. The first-order valence-electron chi connectivity index (χ1n) is 23.0. The molecule has 0 N–H and O–H groups in total. The van der Waals surface area contributed by atoms with Gasteiger partial charge >= 0.3 is 0 Å². The molecular weight excluding hydrogens is 565 g/mol. The largest absolute Gasteiger partial charge is 0.103 e. The standard InChI is InChI=1S/C47H94/c1-3-5-7-9-11-13-15-17-19-21-23-25-27-29-31-33-35-37-39-41-43-45-47-46-44-42-40-38-36-34-32-30-28-26-24-22-20-18-16-14-12-10-8-6-4-2/h3H,1,4-47H2,2H3. The Morgan fingerprint density at radius 3 is 0.468 bits per heavy atom. The van der Waals surface area contributed by atoms with E-state index >= 15 is 0 Å². The Hall–Kier alpha value is -0.260. The van der Waals surface area contributed by atoms with E-state index < -0.39 is 0 Å². The monoisotopic (exact) mass is 659 g/mol. The number of rotatable bonds is 44. The molecule has 0 aromatic rings. The van der Waals surface area contributed by atoms with Crippen molar-refractivity contribution < 1.29 is 0 Å². The Kier molecular flexibility index (Phi) is 45.5. The number of hydrogen-bond donors (Lipinski definition) is 0. The molecule has 0 aromatic carbocycles. The Bertz CT molecular complexity index is 520. The average Bonchev–Trinajstić information content (AvgIpc) is 3.08. The van der Waals surface area contributed by atoms with Gasteiger partial charge < -0.3 is 0 Å². The van der Waals surface area contributed by atoms with Crippen LogP contribution in [0, 0.1) is 0 Å². The summed E-state index contributed by atoms with van der Waals surface area (Å²) >= 11 is 0. The molecule has 0 atom stereocenters. The van der Waals surface area contributed by atoms with Gasteiger partial charge in [-0.05, 0) is 12.8 Å². The lowest BCUT2D eigenvalue weighted by Gasteiger charge is -2.05. The summed E-state index contributed by atoms with van der Waals surface area (Å²) in [5, 5.41) is 0. The van der Waals surface area contributed by atoms with E-state index in [2.05, 4.69) is 19.6 Å². The molecule has 0 aliphatic heterocycles. The summed E-state index contributed by atoms with van der Waals surface area (Å²) in [6, 6.07) is 0. The van der Waals surface area contributed by atoms with Gasteiger partial charge in [-0.2, -0.15) is 0 Å². The van der Waals surface area contributed by atoms with Gasteiger partial charge in [0.1, 0.15) is 0 Å². The second-order valence-electron chi connectivity index (χ2n) is 15.9. The van der Waals surface area contributed by atoms with Crippen LogP contribution >= 0.6 is 0 Å². The second kappa shape index (κ2) is 45.7. The fraction of sp³-hybridized carbons (Fsp3) is 0.957. The van der Waals surface area contributed by atoms with E-state index in [1.807, 2.05) is 0 Å². The first kappa shape index (κ1) is 46.7. The van der Waals surface area contributed by atoms with Crippen molar-refractivity contribution in [1.29, 1.82) is 0 Å². The molecule has 0 fully saturated rings. The molecule has 0 amide bonds. The van der Waals surface area contributed by atoms with E-state index in [0.29, 0.717) is 0 Å². The van der Waals surface area contributed by atoms with Gasteiger partial charge in [0, 0.05) is 0 Å². The van der Waals surface area contributed by atoms with Crippen molar-refractivity contribution >= 4 is 0 Å². The van der Waals surface area contributed by atoms with Gasteiger partial charge in [0.15, 0.2) is 0 Å². The molecule has 0 saturated carbocycles. The Morgan fingerprint density at radius 2 is 0.340 bits per heavy atom. The molecule has 0 radical (unpaired) electrons. The minimum absolute atomic E-state index is 1.21. The summed E-state index contributed by atoms with van der Waals surface area (Å²) in [5.41, 5.74) is 0. The van der Waals surface area contributed by atoms with Crippen molar-refractivity contribution in [2.24, 2.45) is 0 Å². The summed E-state index contributed by atoms with van der Waals surface area (Å²) < 4.78 is 0. The average molecular weight is 659 g/mol. The zero-order chi connectivity index (χ0) is 33.8. The van der Waals surface area contributed by atoms with Crippen molar-refractivity contribution in [2.75, 3.05) is 0 Å². The zero-order valence-electron chi connectivity index (χ0n) is 33.4. The van der Waals surface area contributed by atoms with Crippen molar-refractivity contribution in [3.05, 3.63) is 12.7 Å². The Labute approximate surface area is 301 Å². The zero-order valence-corrected chi connectivity index (χ0v) is 33.4. The Balaban J connectivity index is 3.04. The van der Waals surface area contributed by atoms with E-state index in [9.17, 15) is 0 Å². The van der Waals surface area contributed by atoms with Crippen LogP contribution in [0.15, 0.2) is 12.7 Å². The quantitative estimate of drug-likeness (QED) is 0.0451. The molecule has 0 aliphatic rings. The Morgan fingerprint density at radius 1 is 0.213 bits per heavy atom. The summed E-state index contributed by atoms with van der Waals surface area (Å²) in [6.45, 7) is 6.12. The second-order valence-corrected chi connectivity index (χ2v) is 15.9. The van der Waals surface area contributed by atoms with Crippen LogP contribution in [0.25, 0.3) is 0 Å². The topological polar surface area (TPSA) is 0 Å². The van der Waals surface area contributed by atoms with Crippen LogP contribution in [0.5, 0.6) is 0 Å². The van der Waals surface area contributed by atoms with Gasteiger partial charge in [-0.1, -0.05) is 283 Å². The van der Waals surface area contributed by atoms with Crippen molar-refractivity contribution in [3.8, 4) is 0 Å². The third-order valence-corrected chi connectivity index (χ3v) is 11.0. The van der Waals surface area contributed by atoms with Crippen LogP contribution in [0.1, 0.15) is 289 Å². The van der Waals surface area contributed by atoms with Crippen LogP contribution in [0.2, 0.25) is 0 Å². The highest BCUT2D eigenvalue weighted by atomic mass is 14.0. The maximum absolute atomic E-state index is 3.81. The van der Waals surface area contributed by atoms with Crippen molar-refractivity contribution in [3.63, 3.8) is 0 Å². The lowest BCUT2D eigenvalue weighted by molar-refractivity contribution is 0.509. The third-order valence-electron chi connectivity index (χ3n) is 11.0. The molecular formula is C47H94. The fourth-order valence-corrected chi connectivity index (χ4v) is 7.61. The predicted octanol–water partition coefficient (Wildman–Crippen LogP) is 18.4. The fourth-order valence-electron chi connectivity index (χ4n) is 7.61. The molecule has 0 saturated heterocycles. The highest BCUT2D eigenvalue weighted by Crippen LogP contribution is 2.18. The van der Waals surface area contributed by atoms with Crippen LogP contribution < -0.4 is 0 Å². The molecule has 0 spiro atoms. The van der Waals surface area contributed by atoms with Gasteiger partial charge in [-0.15, -0.1) is 6.58 Å². The van der Waals surface area contributed by atoms with E-state index in [1.165, 1.54) is 283 Å². The molecule has 47 heavy (non-hydrogen) atoms. The highest BCUT2D eigenvalue weighted by molar-refractivity contribution is 4.65. The van der Waals surface area contributed by atoms with E-state index in [4.69, 9.17) is 0 Å². The first-order chi connectivity index (χ1) is 23.4. The van der Waals surface area contributed by atoms with Crippen LogP contribution in [0.3, 0.4) is 0 Å². The maximum Gasteiger partial charge on any atom is -0.0353 e. The van der Waals surface area contributed by atoms with Gasteiger partial charge in [0.2, 0.25) is 0 Å². The summed E-state index contributed by atoms with van der Waals surface area (Å²) in [7, 11) is 0. The van der Waals surface area contributed by atoms with E-state index in [-0.39, 0.29) is 0 Å². The van der Waals surface area contributed by atoms with Crippen LogP contribution in [-0.2, 0) is 0 Å². The first-order valence-corrected chi connectivity index (χ1v) is 23.0. The summed E-state index contributed by atoms with van der Waals surface area (Å²) in [5.74, 6) is 0. The minimum Gasteiger partial charge on any atom is -0.103 e. The maximum atomic E-state index is 3.81. The number of allylic oxidation sites excluding steroid dienone is 1. The minimum atomic E-state index is 1.21. The van der Waals surface area contributed by atoms with Crippen LogP contribution in [-0.4, -0.2) is 0 Å².